The van der Waals surface area contributed by atoms with Crippen LogP contribution in [0.25, 0.3) is 0 Å². The van der Waals surface area contributed by atoms with E-state index in [2.05, 4.69) is 0 Å². The van der Waals surface area contributed by atoms with E-state index in [0.29, 0.717) is 22.1 Å². The van der Waals surface area contributed by atoms with Crippen molar-refractivity contribution in [1.29, 1.82) is 0 Å². The zero-order chi connectivity index (χ0) is 12.3. The van der Waals surface area contributed by atoms with Crippen molar-refractivity contribution < 1.29 is 8.95 Å². The Hall–Kier alpha value is -1.33. The van der Waals surface area contributed by atoms with Crippen molar-refractivity contribution in [2.75, 3.05) is 12.8 Å². The summed E-state index contributed by atoms with van der Waals surface area (Å²) in [5.74, 6) is 1.17. The van der Waals surface area contributed by atoms with Crippen molar-refractivity contribution in [3.05, 3.63) is 40.6 Å². The maximum absolute atomic E-state index is 12.2. The minimum absolute atomic E-state index is 0.495. The van der Waals surface area contributed by atoms with Gasteiger partial charge in [-0.25, -0.2) is 0 Å². The van der Waals surface area contributed by atoms with Crippen LogP contribution in [0.3, 0.4) is 0 Å². The molecule has 0 aliphatic heterocycles. The fourth-order valence-electron chi connectivity index (χ4n) is 1.44. The van der Waals surface area contributed by atoms with Crippen LogP contribution in [0.15, 0.2) is 40.6 Å². The third-order valence-corrected chi connectivity index (χ3v) is 4.80. The molecule has 1 aromatic carbocycles. The fraction of sp³-hybridized carbons (Fsp3) is 0.167. The number of nitrogens with two attached hydrogens (primary N) is 1. The van der Waals surface area contributed by atoms with Gasteiger partial charge in [-0.2, -0.15) is 0 Å². The molecular formula is C12H13NO2S2. The molecule has 0 saturated carbocycles. The van der Waals surface area contributed by atoms with Gasteiger partial charge >= 0.3 is 0 Å². The van der Waals surface area contributed by atoms with E-state index in [-0.39, 0.29) is 0 Å². The van der Waals surface area contributed by atoms with E-state index in [1.807, 2.05) is 17.5 Å². The largest absolute Gasteiger partial charge is 0.497 e. The SMILES string of the molecule is COc1ccc(N)c(S(=O)Cc2cccs2)c1. The highest BCUT2D eigenvalue weighted by molar-refractivity contribution is 7.84. The lowest BCUT2D eigenvalue weighted by Gasteiger charge is -2.07. The summed E-state index contributed by atoms with van der Waals surface area (Å²) in [4.78, 5) is 1.73. The van der Waals surface area contributed by atoms with E-state index in [1.165, 1.54) is 0 Å². The maximum atomic E-state index is 12.2. The van der Waals surface area contributed by atoms with E-state index >= 15 is 0 Å². The average Bonchev–Trinajstić information content (AvgIpc) is 2.82. The molecule has 17 heavy (non-hydrogen) atoms. The summed E-state index contributed by atoms with van der Waals surface area (Å²) in [6.45, 7) is 0. The molecule has 1 heterocycles. The fourth-order valence-corrected chi connectivity index (χ4v) is 3.61. The van der Waals surface area contributed by atoms with Crippen LogP contribution in [-0.4, -0.2) is 11.3 Å². The third kappa shape index (κ3) is 2.87. The van der Waals surface area contributed by atoms with Gasteiger partial charge < -0.3 is 10.5 Å². The first-order valence-corrected chi connectivity index (χ1v) is 7.25. The van der Waals surface area contributed by atoms with Gasteiger partial charge in [-0.05, 0) is 29.6 Å². The van der Waals surface area contributed by atoms with E-state index in [4.69, 9.17) is 10.5 Å². The van der Waals surface area contributed by atoms with Gasteiger partial charge in [0.05, 0.1) is 28.6 Å². The molecule has 0 saturated heterocycles. The summed E-state index contributed by atoms with van der Waals surface area (Å²) >= 11 is 1.60. The highest BCUT2D eigenvalue weighted by atomic mass is 32.2. The van der Waals surface area contributed by atoms with Crippen LogP contribution in [0.2, 0.25) is 0 Å². The molecule has 90 valence electrons. The Balaban J connectivity index is 2.24. The number of thiophene rings is 1. The van der Waals surface area contributed by atoms with Crippen molar-refractivity contribution in [3.8, 4) is 5.75 Å². The van der Waals surface area contributed by atoms with Gasteiger partial charge in [-0.15, -0.1) is 11.3 Å². The van der Waals surface area contributed by atoms with Crippen molar-refractivity contribution in [2.24, 2.45) is 0 Å². The molecule has 1 atom stereocenters. The van der Waals surface area contributed by atoms with Crippen LogP contribution in [0.5, 0.6) is 5.75 Å². The lowest BCUT2D eigenvalue weighted by atomic mass is 10.3. The van der Waals surface area contributed by atoms with Gasteiger partial charge in [0, 0.05) is 10.6 Å². The van der Waals surface area contributed by atoms with E-state index in [9.17, 15) is 4.21 Å². The van der Waals surface area contributed by atoms with Crippen molar-refractivity contribution in [1.82, 2.24) is 0 Å². The first-order chi connectivity index (χ1) is 8.20. The molecule has 1 aromatic heterocycles. The Morgan fingerprint density at radius 1 is 1.41 bits per heavy atom. The van der Waals surface area contributed by atoms with Gasteiger partial charge in [0.15, 0.2) is 0 Å². The van der Waals surface area contributed by atoms with Crippen LogP contribution < -0.4 is 10.5 Å². The molecule has 5 heteroatoms. The van der Waals surface area contributed by atoms with Crippen LogP contribution in [0, 0.1) is 0 Å². The zero-order valence-electron chi connectivity index (χ0n) is 9.38. The molecule has 0 spiro atoms. The standard InChI is InChI=1S/C12H13NO2S2/c1-15-9-4-5-11(13)12(7-9)17(14)8-10-3-2-6-16-10/h2-7H,8,13H2,1H3. The number of rotatable bonds is 4. The molecule has 0 amide bonds. The Labute approximate surface area is 107 Å². The molecule has 0 fully saturated rings. The average molecular weight is 267 g/mol. The number of benzene rings is 1. The van der Waals surface area contributed by atoms with Gasteiger partial charge in [0.25, 0.3) is 0 Å². The number of nitrogen functional groups attached to an aromatic ring is 1. The Bertz CT molecular complexity index is 523. The lowest BCUT2D eigenvalue weighted by molar-refractivity contribution is 0.413. The van der Waals surface area contributed by atoms with Crippen molar-refractivity contribution >= 4 is 27.8 Å². The second-order valence-corrected chi connectivity index (χ2v) is 5.92. The molecular weight excluding hydrogens is 254 g/mol. The summed E-state index contributed by atoms with van der Waals surface area (Å²) in [5, 5.41) is 1.97. The molecule has 0 aliphatic carbocycles. The second-order valence-electron chi connectivity index (χ2n) is 3.47. The molecule has 2 aromatic rings. The number of methoxy groups -OCH3 is 1. The highest BCUT2D eigenvalue weighted by Gasteiger charge is 2.10. The van der Waals surface area contributed by atoms with Crippen LogP contribution in [-0.2, 0) is 16.6 Å². The zero-order valence-corrected chi connectivity index (χ0v) is 11.0. The van der Waals surface area contributed by atoms with Crippen molar-refractivity contribution in [3.63, 3.8) is 0 Å². The van der Waals surface area contributed by atoms with Gasteiger partial charge in [-0.1, -0.05) is 6.07 Å². The van der Waals surface area contributed by atoms with Gasteiger partial charge in [0.2, 0.25) is 0 Å². The first kappa shape index (κ1) is 12.1. The molecule has 2 N–H and O–H groups in total. The Morgan fingerprint density at radius 3 is 2.88 bits per heavy atom. The van der Waals surface area contributed by atoms with Crippen LogP contribution in [0.4, 0.5) is 5.69 Å². The molecule has 0 bridgehead atoms. The number of hydrogen-bond donors (Lipinski definition) is 1. The second kappa shape index (κ2) is 5.33. The minimum atomic E-state index is -1.13. The number of ether oxygens (including phenoxy) is 1. The third-order valence-electron chi connectivity index (χ3n) is 2.32. The number of anilines is 1. The monoisotopic (exact) mass is 267 g/mol. The van der Waals surface area contributed by atoms with Crippen LogP contribution in [0.1, 0.15) is 4.88 Å². The maximum Gasteiger partial charge on any atom is 0.120 e. The topological polar surface area (TPSA) is 52.3 Å². The van der Waals surface area contributed by atoms with E-state index in [0.717, 1.165) is 4.88 Å². The summed E-state index contributed by atoms with van der Waals surface area (Å²) in [6.07, 6.45) is 0. The summed E-state index contributed by atoms with van der Waals surface area (Å²) < 4.78 is 17.3. The molecule has 2 rings (SSSR count). The van der Waals surface area contributed by atoms with Crippen molar-refractivity contribution in [2.45, 2.75) is 10.6 Å². The molecule has 0 aliphatic rings. The van der Waals surface area contributed by atoms with E-state index < -0.39 is 10.8 Å². The summed E-state index contributed by atoms with van der Waals surface area (Å²) in [6, 6.07) is 9.14. The predicted molar refractivity (Wildman–Crippen MR) is 71.8 cm³/mol. The smallest absolute Gasteiger partial charge is 0.120 e. The quantitative estimate of drug-likeness (QED) is 0.866. The lowest BCUT2D eigenvalue weighted by Crippen LogP contribution is -2.00. The Kier molecular flexibility index (Phi) is 3.81. The summed E-state index contributed by atoms with van der Waals surface area (Å²) in [7, 11) is 0.450. The molecule has 0 radical (unpaired) electrons. The van der Waals surface area contributed by atoms with Crippen LogP contribution >= 0.6 is 11.3 Å². The van der Waals surface area contributed by atoms with Gasteiger partial charge in [0.1, 0.15) is 5.75 Å². The number of hydrogen-bond acceptors (Lipinski definition) is 4. The molecule has 1 unspecified atom stereocenters. The predicted octanol–water partition coefficient (Wildman–Crippen LogP) is 2.65. The Morgan fingerprint density at radius 2 is 2.24 bits per heavy atom. The normalized spacial score (nSPS) is 12.3. The van der Waals surface area contributed by atoms with E-state index in [1.54, 1.807) is 36.6 Å². The van der Waals surface area contributed by atoms with Gasteiger partial charge in [-0.3, -0.25) is 4.21 Å². The highest BCUT2D eigenvalue weighted by Crippen LogP contribution is 2.25. The minimum Gasteiger partial charge on any atom is -0.497 e. The summed E-state index contributed by atoms with van der Waals surface area (Å²) in [5.41, 5.74) is 6.37. The molecule has 3 nitrogen and oxygen atoms in total. The first-order valence-electron chi connectivity index (χ1n) is 5.05.